The lowest BCUT2D eigenvalue weighted by Gasteiger charge is -2.36. The van der Waals surface area contributed by atoms with Crippen LogP contribution in [0.15, 0.2) is 24.3 Å². The van der Waals surface area contributed by atoms with Crippen LogP contribution in [0.4, 0.5) is 0 Å². The summed E-state index contributed by atoms with van der Waals surface area (Å²) in [5.74, 6) is 3.22. The van der Waals surface area contributed by atoms with Crippen LogP contribution in [0.3, 0.4) is 0 Å². The number of hydrogen-bond donors (Lipinski definition) is 0. The first kappa shape index (κ1) is 19.8. The first-order chi connectivity index (χ1) is 14.1. The molecule has 0 unspecified atom stereocenters. The molecule has 0 saturated carbocycles. The van der Waals surface area contributed by atoms with Crippen LogP contribution in [0.25, 0.3) is 0 Å². The van der Waals surface area contributed by atoms with Crippen molar-refractivity contribution in [2.24, 2.45) is 5.92 Å². The number of hydrogen-bond acceptors (Lipinski definition) is 7. The van der Waals surface area contributed by atoms with E-state index in [-0.39, 0.29) is 6.04 Å². The van der Waals surface area contributed by atoms with E-state index in [1.807, 2.05) is 31.2 Å². The molecular weight excluding hydrogens is 370 g/mol. The second-order valence-electron chi connectivity index (χ2n) is 7.71. The second-order valence-corrected chi connectivity index (χ2v) is 7.71. The summed E-state index contributed by atoms with van der Waals surface area (Å²) in [5, 5.41) is 0. The average molecular weight is 399 g/mol. The molecule has 7 heteroatoms. The van der Waals surface area contributed by atoms with Crippen LogP contribution < -0.4 is 18.9 Å². The van der Waals surface area contributed by atoms with Gasteiger partial charge in [0.1, 0.15) is 19.0 Å². The summed E-state index contributed by atoms with van der Waals surface area (Å²) < 4.78 is 22.6. The molecule has 2 aromatic rings. The molecule has 7 nitrogen and oxygen atoms in total. The molecule has 0 N–H and O–H groups in total. The molecule has 0 aliphatic carbocycles. The number of aromatic nitrogens is 2. The minimum atomic E-state index is 0.219. The number of methoxy groups -OCH3 is 1. The topological polar surface area (TPSA) is 65.9 Å². The van der Waals surface area contributed by atoms with Gasteiger partial charge in [-0.15, -0.1) is 0 Å². The number of aryl methyl sites for hydroxylation is 1. The number of ether oxygens (including phenoxy) is 4. The van der Waals surface area contributed by atoms with Crippen LogP contribution in [0.1, 0.15) is 37.2 Å². The maximum Gasteiger partial charge on any atom is 0.257 e. The highest BCUT2D eigenvalue weighted by molar-refractivity contribution is 5.36. The normalized spacial score (nSPS) is 20.2. The zero-order valence-electron chi connectivity index (χ0n) is 17.4. The lowest BCUT2D eigenvalue weighted by Crippen LogP contribution is -2.39. The average Bonchev–Trinajstić information content (AvgIpc) is 2.76. The largest absolute Gasteiger partial charge is 0.493 e. The lowest BCUT2D eigenvalue weighted by molar-refractivity contribution is 0.0980. The van der Waals surface area contributed by atoms with Gasteiger partial charge in [-0.2, -0.15) is 0 Å². The highest BCUT2D eigenvalue weighted by atomic mass is 16.6. The Labute approximate surface area is 172 Å². The Morgan fingerprint density at radius 2 is 2.07 bits per heavy atom. The van der Waals surface area contributed by atoms with Gasteiger partial charge >= 0.3 is 0 Å². The number of fused-ring (bicyclic) bond motifs is 1. The molecule has 2 aliphatic rings. The molecule has 0 bridgehead atoms. The maximum absolute atomic E-state index is 6.08. The van der Waals surface area contributed by atoms with Crippen LogP contribution in [0.2, 0.25) is 0 Å². The number of likely N-dealkylation sites (tertiary alicyclic amines) is 1. The van der Waals surface area contributed by atoms with Crippen molar-refractivity contribution in [2.45, 2.75) is 32.7 Å². The van der Waals surface area contributed by atoms with E-state index in [4.69, 9.17) is 23.9 Å². The summed E-state index contributed by atoms with van der Waals surface area (Å²) in [5.41, 5.74) is 1.91. The number of piperidine rings is 1. The fourth-order valence-electron chi connectivity index (χ4n) is 3.96. The number of nitrogens with zero attached hydrogens (tertiary/aromatic N) is 3. The van der Waals surface area contributed by atoms with Gasteiger partial charge in [0, 0.05) is 36.3 Å². The molecular formula is C22H29N3O4. The summed E-state index contributed by atoms with van der Waals surface area (Å²) >= 11 is 0. The van der Waals surface area contributed by atoms with E-state index in [1.165, 1.54) is 6.42 Å². The molecule has 2 atom stereocenters. The van der Waals surface area contributed by atoms with Crippen LogP contribution in [-0.2, 0) is 0 Å². The molecule has 29 heavy (non-hydrogen) atoms. The van der Waals surface area contributed by atoms with Crippen molar-refractivity contribution >= 4 is 0 Å². The highest BCUT2D eigenvalue weighted by Crippen LogP contribution is 2.32. The lowest BCUT2D eigenvalue weighted by atomic mass is 9.97. The minimum absolute atomic E-state index is 0.219. The second kappa shape index (κ2) is 8.86. The Balaban J connectivity index is 1.37. The van der Waals surface area contributed by atoms with Gasteiger partial charge in [-0.05, 0) is 45.4 Å². The van der Waals surface area contributed by atoms with Crippen molar-refractivity contribution in [1.82, 2.24) is 14.9 Å². The Bertz CT molecular complexity index is 845. The van der Waals surface area contributed by atoms with Crippen LogP contribution in [0, 0.1) is 12.8 Å². The van der Waals surface area contributed by atoms with Gasteiger partial charge in [0.05, 0.1) is 19.4 Å². The zero-order valence-corrected chi connectivity index (χ0v) is 17.4. The van der Waals surface area contributed by atoms with Crippen molar-refractivity contribution in [3.63, 3.8) is 0 Å². The van der Waals surface area contributed by atoms with Crippen LogP contribution in [0.5, 0.6) is 23.3 Å². The van der Waals surface area contributed by atoms with Crippen molar-refractivity contribution < 1.29 is 18.9 Å². The van der Waals surface area contributed by atoms with Gasteiger partial charge in [-0.25, -0.2) is 9.97 Å². The molecule has 4 rings (SSSR count). The first-order valence-corrected chi connectivity index (χ1v) is 10.3. The Morgan fingerprint density at radius 1 is 1.21 bits per heavy atom. The predicted octanol–water partition coefficient (Wildman–Crippen LogP) is 3.42. The number of rotatable bonds is 6. The number of pyridine rings is 2. The van der Waals surface area contributed by atoms with Crippen molar-refractivity contribution in [2.75, 3.05) is 40.0 Å². The standard InChI is InChI=1S/C22H29N3O4/c1-15-11-18(12-21(23-15)26-3)29-14-17-5-4-8-25(13-17)16(2)19-6-7-20-22(24-19)28-10-9-27-20/h6-7,11-12,16-17H,4-5,8-10,13-14H2,1-3H3/t16-,17+/m1/s1. The monoisotopic (exact) mass is 399 g/mol. The van der Waals surface area contributed by atoms with E-state index in [0.717, 1.165) is 42.4 Å². The van der Waals surface area contributed by atoms with Crippen LogP contribution >= 0.6 is 0 Å². The zero-order chi connectivity index (χ0) is 20.2. The summed E-state index contributed by atoms with van der Waals surface area (Å²) in [4.78, 5) is 11.5. The minimum Gasteiger partial charge on any atom is -0.493 e. The van der Waals surface area contributed by atoms with E-state index < -0.39 is 0 Å². The molecule has 0 amide bonds. The Kier molecular flexibility index (Phi) is 6.04. The first-order valence-electron chi connectivity index (χ1n) is 10.3. The Morgan fingerprint density at radius 3 is 2.93 bits per heavy atom. The quantitative estimate of drug-likeness (QED) is 0.737. The van der Waals surface area contributed by atoms with E-state index >= 15 is 0 Å². The SMILES string of the molecule is COc1cc(OC[C@H]2CCCN([C@H](C)c3ccc4c(n3)OCCO4)C2)cc(C)n1. The van der Waals surface area contributed by atoms with E-state index in [2.05, 4.69) is 16.8 Å². The smallest absolute Gasteiger partial charge is 0.257 e. The third kappa shape index (κ3) is 4.72. The summed E-state index contributed by atoms with van der Waals surface area (Å²) in [7, 11) is 1.62. The van der Waals surface area contributed by atoms with Gasteiger partial charge in [-0.1, -0.05) is 0 Å². The van der Waals surface area contributed by atoms with Gasteiger partial charge in [0.15, 0.2) is 5.75 Å². The Hall–Kier alpha value is -2.54. The molecule has 0 spiro atoms. The molecule has 0 aromatic carbocycles. The summed E-state index contributed by atoms with van der Waals surface area (Å²) in [6.07, 6.45) is 2.32. The molecule has 1 fully saturated rings. The summed E-state index contributed by atoms with van der Waals surface area (Å²) in [6, 6.07) is 8.03. The molecule has 2 aliphatic heterocycles. The third-order valence-corrected chi connectivity index (χ3v) is 5.55. The fraction of sp³-hybridized carbons (Fsp3) is 0.545. The fourth-order valence-corrected chi connectivity index (χ4v) is 3.96. The van der Waals surface area contributed by atoms with Crippen molar-refractivity contribution in [3.05, 3.63) is 35.7 Å². The van der Waals surface area contributed by atoms with Crippen LogP contribution in [-0.4, -0.2) is 54.9 Å². The van der Waals surface area contributed by atoms with Gasteiger partial charge < -0.3 is 18.9 Å². The maximum atomic E-state index is 6.08. The highest BCUT2D eigenvalue weighted by Gasteiger charge is 2.26. The van der Waals surface area contributed by atoms with Gasteiger partial charge in [-0.3, -0.25) is 4.90 Å². The molecule has 2 aromatic heterocycles. The van der Waals surface area contributed by atoms with Gasteiger partial charge in [0.2, 0.25) is 5.88 Å². The van der Waals surface area contributed by atoms with E-state index in [1.54, 1.807) is 7.11 Å². The van der Waals surface area contributed by atoms with Crippen molar-refractivity contribution in [3.8, 4) is 23.3 Å². The molecule has 1 saturated heterocycles. The van der Waals surface area contributed by atoms with Crippen molar-refractivity contribution in [1.29, 1.82) is 0 Å². The molecule has 156 valence electrons. The third-order valence-electron chi connectivity index (χ3n) is 5.55. The predicted molar refractivity (Wildman–Crippen MR) is 109 cm³/mol. The van der Waals surface area contributed by atoms with E-state index in [0.29, 0.717) is 37.5 Å². The van der Waals surface area contributed by atoms with E-state index in [9.17, 15) is 0 Å². The molecule has 4 heterocycles. The van der Waals surface area contributed by atoms with Gasteiger partial charge in [0.25, 0.3) is 5.88 Å². The summed E-state index contributed by atoms with van der Waals surface area (Å²) in [6.45, 7) is 8.03. The molecule has 0 radical (unpaired) electrons.